The molecule has 6 nitrogen and oxygen atoms in total. The molecule has 6 heteroatoms. The molecule has 0 unspecified atom stereocenters. The van der Waals surface area contributed by atoms with Crippen LogP contribution in [0.4, 0.5) is 0 Å². The van der Waals surface area contributed by atoms with Crippen molar-refractivity contribution < 1.29 is 19.1 Å². The van der Waals surface area contributed by atoms with Crippen molar-refractivity contribution in [2.24, 2.45) is 0 Å². The molecule has 1 heterocycles. The number of hydroxylamine groups is 2. The molecule has 37 heavy (non-hydrogen) atoms. The van der Waals surface area contributed by atoms with Crippen molar-refractivity contribution in [3.05, 3.63) is 95.6 Å². The summed E-state index contributed by atoms with van der Waals surface area (Å²) >= 11 is 0. The lowest BCUT2D eigenvalue weighted by Gasteiger charge is -2.38. The van der Waals surface area contributed by atoms with Crippen molar-refractivity contribution in [3.63, 3.8) is 0 Å². The molecule has 0 aromatic heterocycles. The number of methoxy groups -OCH3 is 2. The van der Waals surface area contributed by atoms with E-state index in [0.29, 0.717) is 6.61 Å². The van der Waals surface area contributed by atoms with Crippen LogP contribution in [0.15, 0.2) is 78.9 Å². The lowest BCUT2D eigenvalue weighted by Crippen LogP contribution is -2.53. The van der Waals surface area contributed by atoms with Crippen molar-refractivity contribution in [2.45, 2.75) is 50.6 Å². The van der Waals surface area contributed by atoms with Crippen LogP contribution in [-0.2, 0) is 15.2 Å². The third kappa shape index (κ3) is 5.97. The van der Waals surface area contributed by atoms with Gasteiger partial charge in [-0.25, -0.2) is 0 Å². The zero-order valence-electron chi connectivity index (χ0n) is 22.1. The van der Waals surface area contributed by atoms with Crippen LogP contribution in [0, 0.1) is 0 Å². The topological polar surface area (TPSA) is 60.0 Å². The molecule has 0 bridgehead atoms. The largest absolute Gasteiger partial charge is 0.497 e. The van der Waals surface area contributed by atoms with E-state index in [9.17, 15) is 4.79 Å². The van der Waals surface area contributed by atoms with E-state index in [1.54, 1.807) is 14.2 Å². The second-order valence-electron chi connectivity index (χ2n) is 9.40. The number of unbranched alkanes of at least 4 members (excludes halogenated alkanes) is 2. The summed E-state index contributed by atoms with van der Waals surface area (Å²) in [4.78, 5) is 20.1. The van der Waals surface area contributed by atoms with Gasteiger partial charge in [0.25, 0.3) is 0 Å². The number of hydrogen-bond acceptors (Lipinski definition) is 5. The fourth-order valence-corrected chi connectivity index (χ4v) is 5.05. The van der Waals surface area contributed by atoms with Gasteiger partial charge in [-0.1, -0.05) is 74.4 Å². The van der Waals surface area contributed by atoms with Gasteiger partial charge >= 0.3 is 0 Å². The molecule has 3 aromatic rings. The number of rotatable bonds is 12. The average Bonchev–Trinajstić information content (AvgIpc) is 3.43. The standard InChI is InChI=1S/C31H38N2O4/c1-4-5-9-23-37-33-22-10-13-29(33)30(34)32-31(24-11-7-6-8-12-24,25-14-18-27(35-2)19-15-25)26-16-20-28(36-3)21-17-26/h6-8,11-12,14-21,29H,4-5,9-10,13,22-23H2,1-3H3,(H,32,34)/t29-/m0/s1. The molecule has 4 rings (SSSR count). The summed E-state index contributed by atoms with van der Waals surface area (Å²) in [6.07, 6.45) is 4.94. The minimum Gasteiger partial charge on any atom is -0.497 e. The third-order valence-corrected chi connectivity index (χ3v) is 7.07. The lowest BCUT2D eigenvalue weighted by molar-refractivity contribution is -0.178. The van der Waals surface area contributed by atoms with E-state index in [1.807, 2.05) is 71.8 Å². The Morgan fingerprint density at radius 1 is 0.865 bits per heavy atom. The SMILES string of the molecule is CCCCCON1CCC[C@H]1C(=O)NC(c1ccccc1)(c1ccc(OC)cc1)c1ccc(OC)cc1. The summed E-state index contributed by atoms with van der Waals surface area (Å²) in [6, 6.07) is 25.6. The molecule has 196 valence electrons. The Labute approximate surface area is 220 Å². The summed E-state index contributed by atoms with van der Waals surface area (Å²) in [5.74, 6) is 1.46. The van der Waals surface area contributed by atoms with Crippen LogP contribution in [0.2, 0.25) is 0 Å². The van der Waals surface area contributed by atoms with Gasteiger partial charge in [0, 0.05) is 6.54 Å². The summed E-state index contributed by atoms with van der Waals surface area (Å²) in [7, 11) is 3.31. The second-order valence-corrected chi connectivity index (χ2v) is 9.40. The number of hydrogen-bond donors (Lipinski definition) is 1. The fraction of sp³-hybridized carbons (Fsp3) is 0.387. The number of carbonyl (C=O) groups excluding carboxylic acids is 1. The lowest BCUT2D eigenvalue weighted by atomic mass is 9.76. The average molecular weight is 503 g/mol. The summed E-state index contributed by atoms with van der Waals surface area (Å²) in [6.45, 7) is 3.57. The van der Waals surface area contributed by atoms with Crippen LogP contribution in [0.25, 0.3) is 0 Å². The summed E-state index contributed by atoms with van der Waals surface area (Å²) in [5.41, 5.74) is 1.91. The van der Waals surface area contributed by atoms with Gasteiger partial charge in [-0.2, -0.15) is 5.06 Å². The summed E-state index contributed by atoms with van der Waals surface area (Å²) in [5, 5.41) is 5.36. The number of ether oxygens (including phenoxy) is 2. The molecule has 0 spiro atoms. The highest BCUT2D eigenvalue weighted by molar-refractivity contribution is 5.84. The Morgan fingerprint density at radius 2 is 1.43 bits per heavy atom. The Kier molecular flexibility index (Phi) is 9.20. The van der Waals surface area contributed by atoms with Gasteiger partial charge in [0.05, 0.1) is 20.8 Å². The monoisotopic (exact) mass is 502 g/mol. The van der Waals surface area contributed by atoms with E-state index in [4.69, 9.17) is 14.3 Å². The number of benzene rings is 3. The minimum atomic E-state index is -0.923. The molecule has 1 N–H and O–H groups in total. The van der Waals surface area contributed by atoms with E-state index in [2.05, 4.69) is 24.4 Å². The van der Waals surface area contributed by atoms with Crippen molar-refractivity contribution >= 4 is 5.91 Å². The van der Waals surface area contributed by atoms with E-state index >= 15 is 0 Å². The van der Waals surface area contributed by atoms with Crippen LogP contribution in [0.5, 0.6) is 11.5 Å². The van der Waals surface area contributed by atoms with E-state index in [-0.39, 0.29) is 11.9 Å². The maximum absolute atomic E-state index is 14.0. The first-order valence-electron chi connectivity index (χ1n) is 13.2. The van der Waals surface area contributed by atoms with Gasteiger partial charge < -0.3 is 14.8 Å². The van der Waals surface area contributed by atoms with Gasteiger partial charge in [0.15, 0.2) is 0 Å². The molecule has 0 saturated carbocycles. The van der Waals surface area contributed by atoms with Crippen molar-refractivity contribution in [2.75, 3.05) is 27.4 Å². The molecule has 1 amide bonds. The smallest absolute Gasteiger partial charge is 0.240 e. The van der Waals surface area contributed by atoms with Gasteiger partial charge in [-0.15, -0.1) is 0 Å². The molecule has 1 aliphatic rings. The Balaban J connectivity index is 1.76. The van der Waals surface area contributed by atoms with Crippen molar-refractivity contribution in [1.29, 1.82) is 0 Å². The van der Waals surface area contributed by atoms with E-state index in [0.717, 1.165) is 66.8 Å². The molecular weight excluding hydrogens is 464 g/mol. The van der Waals surface area contributed by atoms with Gasteiger partial charge in [-0.3, -0.25) is 9.63 Å². The zero-order valence-corrected chi connectivity index (χ0v) is 22.1. The molecule has 1 saturated heterocycles. The van der Waals surface area contributed by atoms with Crippen molar-refractivity contribution in [1.82, 2.24) is 10.4 Å². The summed E-state index contributed by atoms with van der Waals surface area (Å²) < 4.78 is 10.9. The van der Waals surface area contributed by atoms with Crippen molar-refractivity contribution in [3.8, 4) is 11.5 Å². The van der Waals surface area contributed by atoms with Crippen LogP contribution >= 0.6 is 0 Å². The molecule has 1 atom stereocenters. The zero-order chi connectivity index (χ0) is 26.1. The fourth-order valence-electron chi connectivity index (χ4n) is 5.05. The first-order valence-corrected chi connectivity index (χ1v) is 13.2. The first-order chi connectivity index (χ1) is 18.1. The van der Waals surface area contributed by atoms with Gasteiger partial charge in [0.1, 0.15) is 23.1 Å². The number of nitrogens with zero attached hydrogens (tertiary/aromatic N) is 1. The molecule has 0 radical (unpaired) electrons. The van der Waals surface area contributed by atoms with Gasteiger partial charge in [0.2, 0.25) is 5.91 Å². The third-order valence-electron chi connectivity index (χ3n) is 7.07. The molecule has 0 aliphatic carbocycles. The number of amides is 1. The molecular formula is C31H38N2O4. The Hall–Kier alpha value is -3.35. The minimum absolute atomic E-state index is 0.0523. The molecule has 3 aromatic carbocycles. The Bertz CT molecular complexity index is 1070. The van der Waals surface area contributed by atoms with Crippen LogP contribution < -0.4 is 14.8 Å². The molecule has 1 aliphatic heterocycles. The van der Waals surface area contributed by atoms with Crippen LogP contribution in [-0.4, -0.2) is 44.4 Å². The van der Waals surface area contributed by atoms with Crippen LogP contribution in [0.3, 0.4) is 0 Å². The highest BCUT2D eigenvalue weighted by Crippen LogP contribution is 2.39. The Morgan fingerprint density at radius 3 is 1.97 bits per heavy atom. The maximum atomic E-state index is 14.0. The number of nitrogens with one attached hydrogen (secondary N) is 1. The maximum Gasteiger partial charge on any atom is 0.240 e. The second kappa shape index (κ2) is 12.7. The van der Waals surface area contributed by atoms with Crippen LogP contribution in [0.1, 0.15) is 55.7 Å². The van der Waals surface area contributed by atoms with Gasteiger partial charge in [-0.05, 0) is 60.2 Å². The highest BCUT2D eigenvalue weighted by Gasteiger charge is 2.42. The number of carbonyl (C=O) groups is 1. The predicted molar refractivity (Wildman–Crippen MR) is 146 cm³/mol. The quantitative estimate of drug-likeness (QED) is 0.254. The first kappa shape index (κ1) is 26.7. The van der Waals surface area contributed by atoms with E-state index < -0.39 is 5.54 Å². The highest BCUT2D eigenvalue weighted by atomic mass is 16.7. The predicted octanol–water partition coefficient (Wildman–Crippen LogP) is 5.70. The normalized spacial score (nSPS) is 15.9. The van der Waals surface area contributed by atoms with E-state index in [1.165, 1.54) is 0 Å². The molecule has 1 fully saturated rings.